The highest BCUT2D eigenvalue weighted by Gasteiger charge is 2.13. The first kappa shape index (κ1) is 15.1. The molecule has 0 aliphatic rings. The summed E-state index contributed by atoms with van der Waals surface area (Å²) in [7, 11) is 0. The second kappa shape index (κ2) is 6.15. The summed E-state index contributed by atoms with van der Waals surface area (Å²) in [6.07, 6.45) is 0. The topological polar surface area (TPSA) is 22.1 Å². The van der Waals surface area contributed by atoms with E-state index < -0.39 is 0 Å². The molecule has 2 nitrogen and oxygen atoms in total. The molecule has 4 heteroatoms. The van der Waals surface area contributed by atoms with Crippen LogP contribution >= 0.6 is 23.2 Å². The molecule has 0 unspecified atom stereocenters. The van der Waals surface area contributed by atoms with Crippen LogP contribution < -0.4 is 4.74 Å². The Labute approximate surface area is 139 Å². The van der Waals surface area contributed by atoms with E-state index in [1.54, 1.807) is 6.07 Å². The molecule has 0 aliphatic heterocycles. The molecule has 3 aromatic rings. The van der Waals surface area contributed by atoms with E-state index in [2.05, 4.69) is 24.0 Å². The third-order valence-electron chi connectivity index (χ3n) is 3.44. The monoisotopic (exact) mass is 331 g/mol. The van der Waals surface area contributed by atoms with E-state index in [-0.39, 0.29) is 0 Å². The summed E-state index contributed by atoms with van der Waals surface area (Å²) >= 11 is 12.6. The normalized spacial score (nSPS) is 10.9. The quantitative estimate of drug-likeness (QED) is 0.610. The van der Waals surface area contributed by atoms with Crippen LogP contribution in [0.25, 0.3) is 10.9 Å². The molecule has 3 rings (SSSR count). The Morgan fingerprint density at radius 1 is 1.00 bits per heavy atom. The Kier molecular flexibility index (Phi) is 4.23. The van der Waals surface area contributed by atoms with Gasteiger partial charge in [0.15, 0.2) is 5.75 Å². The molecule has 1 aromatic heterocycles. The van der Waals surface area contributed by atoms with E-state index in [0.717, 1.165) is 16.6 Å². The van der Waals surface area contributed by atoms with Gasteiger partial charge in [-0.25, -0.2) is 4.98 Å². The highest BCUT2D eigenvalue weighted by atomic mass is 35.5. The van der Waals surface area contributed by atoms with Crippen LogP contribution in [0, 0.1) is 13.8 Å². The predicted octanol–water partition coefficient (Wildman–Crippen LogP) is 5.74. The average Bonchev–Trinajstić information content (AvgIpc) is 2.46. The lowest BCUT2D eigenvalue weighted by molar-refractivity contribution is 0.309. The van der Waals surface area contributed by atoms with Crippen molar-refractivity contribution in [3.63, 3.8) is 0 Å². The van der Waals surface area contributed by atoms with Gasteiger partial charge in [-0.1, -0.05) is 53.0 Å². The molecule has 0 radical (unpaired) electrons. The van der Waals surface area contributed by atoms with E-state index in [9.17, 15) is 0 Å². The number of aromatic nitrogens is 1. The number of fused-ring (bicyclic) bond motifs is 1. The van der Waals surface area contributed by atoms with Crippen molar-refractivity contribution in [1.29, 1.82) is 0 Å². The summed E-state index contributed by atoms with van der Waals surface area (Å²) in [5.41, 5.74) is 3.88. The second-order valence-electron chi connectivity index (χ2n) is 5.30. The molecule has 0 aliphatic carbocycles. The minimum absolute atomic E-state index is 0.438. The zero-order valence-electron chi connectivity index (χ0n) is 12.4. The van der Waals surface area contributed by atoms with Crippen LogP contribution in [-0.2, 0) is 6.61 Å². The molecule has 0 atom stereocenters. The maximum atomic E-state index is 6.31. The number of aryl methyl sites for hydroxylation is 2. The molecule has 1 heterocycles. The molecule has 0 amide bonds. The number of benzene rings is 2. The van der Waals surface area contributed by atoms with Gasteiger partial charge in [0.2, 0.25) is 0 Å². The fourth-order valence-electron chi connectivity index (χ4n) is 2.38. The molecular weight excluding hydrogens is 317 g/mol. The van der Waals surface area contributed by atoms with Crippen LogP contribution in [0.3, 0.4) is 0 Å². The van der Waals surface area contributed by atoms with Gasteiger partial charge in [0.25, 0.3) is 0 Å². The van der Waals surface area contributed by atoms with Gasteiger partial charge < -0.3 is 4.74 Å². The van der Waals surface area contributed by atoms with Crippen molar-refractivity contribution in [1.82, 2.24) is 4.98 Å². The van der Waals surface area contributed by atoms with Crippen molar-refractivity contribution in [2.24, 2.45) is 0 Å². The minimum Gasteiger partial charge on any atom is -0.485 e. The molecular formula is C18H15Cl2NO. The van der Waals surface area contributed by atoms with Crippen molar-refractivity contribution in [2.75, 3.05) is 0 Å². The number of hydrogen-bond donors (Lipinski definition) is 0. The van der Waals surface area contributed by atoms with E-state index >= 15 is 0 Å². The number of ether oxygens (including phenoxy) is 1. The maximum absolute atomic E-state index is 6.31. The number of halogens is 2. The Hall–Kier alpha value is -1.77. The first-order valence-corrected chi connectivity index (χ1v) is 7.74. The second-order valence-corrected chi connectivity index (χ2v) is 6.11. The molecule has 0 saturated heterocycles. The lowest BCUT2D eigenvalue weighted by Crippen LogP contribution is -1.98. The molecule has 0 fully saturated rings. The lowest BCUT2D eigenvalue weighted by atomic mass is 10.1. The Bertz CT molecular complexity index is 846. The highest BCUT2D eigenvalue weighted by Crippen LogP contribution is 2.37. The van der Waals surface area contributed by atoms with Gasteiger partial charge >= 0.3 is 0 Å². The van der Waals surface area contributed by atoms with E-state index in [1.807, 2.05) is 31.2 Å². The fraction of sp³-hybridized carbons (Fsp3) is 0.167. The van der Waals surface area contributed by atoms with Crippen molar-refractivity contribution >= 4 is 34.1 Å². The number of rotatable bonds is 3. The Morgan fingerprint density at radius 3 is 2.59 bits per heavy atom. The molecule has 0 bridgehead atoms. The van der Waals surface area contributed by atoms with Crippen LogP contribution in [0.1, 0.15) is 16.8 Å². The van der Waals surface area contributed by atoms with Crippen molar-refractivity contribution in [3.05, 3.63) is 69.3 Å². The summed E-state index contributed by atoms with van der Waals surface area (Å²) in [6.45, 7) is 4.42. The third kappa shape index (κ3) is 3.03. The molecule has 112 valence electrons. The van der Waals surface area contributed by atoms with Gasteiger partial charge in [-0.05, 0) is 37.6 Å². The SMILES string of the molecule is Cc1cccc(COc2c(Cl)cc(Cl)c3ccc(C)nc23)c1. The van der Waals surface area contributed by atoms with Crippen LogP contribution in [0.4, 0.5) is 0 Å². The largest absolute Gasteiger partial charge is 0.485 e. The molecule has 0 saturated carbocycles. The maximum Gasteiger partial charge on any atom is 0.164 e. The first-order chi connectivity index (χ1) is 10.5. The fourth-order valence-corrected chi connectivity index (χ4v) is 2.96. The van der Waals surface area contributed by atoms with E-state index in [4.69, 9.17) is 27.9 Å². The summed E-state index contributed by atoms with van der Waals surface area (Å²) in [4.78, 5) is 4.53. The van der Waals surface area contributed by atoms with E-state index in [0.29, 0.717) is 27.9 Å². The Morgan fingerprint density at radius 2 is 1.82 bits per heavy atom. The highest BCUT2D eigenvalue weighted by molar-refractivity contribution is 6.39. The molecule has 2 aromatic carbocycles. The Balaban J connectivity index is 2.01. The zero-order chi connectivity index (χ0) is 15.7. The van der Waals surface area contributed by atoms with Gasteiger partial charge in [0.05, 0.1) is 10.0 Å². The van der Waals surface area contributed by atoms with Crippen molar-refractivity contribution in [3.8, 4) is 5.75 Å². The van der Waals surface area contributed by atoms with Crippen LogP contribution in [0.15, 0.2) is 42.5 Å². The summed E-state index contributed by atoms with van der Waals surface area (Å²) < 4.78 is 5.95. The van der Waals surface area contributed by atoms with Crippen molar-refractivity contribution in [2.45, 2.75) is 20.5 Å². The zero-order valence-corrected chi connectivity index (χ0v) is 13.9. The van der Waals surface area contributed by atoms with Crippen molar-refractivity contribution < 1.29 is 4.74 Å². The third-order valence-corrected chi connectivity index (χ3v) is 4.04. The molecule has 0 N–H and O–H groups in total. The number of hydrogen-bond acceptors (Lipinski definition) is 2. The van der Waals surface area contributed by atoms with E-state index in [1.165, 1.54) is 5.56 Å². The standard InChI is InChI=1S/C18H15Cl2NO/c1-11-4-3-5-13(8-11)10-22-18-16(20)9-15(19)14-7-6-12(2)21-17(14)18/h3-9H,10H2,1-2H3. The van der Waals surface area contributed by atoms with Crippen LogP contribution in [0.2, 0.25) is 10.0 Å². The predicted molar refractivity (Wildman–Crippen MR) is 92.0 cm³/mol. The molecule has 0 spiro atoms. The average molecular weight is 332 g/mol. The van der Waals surface area contributed by atoms with Crippen LogP contribution in [0.5, 0.6) is 5.75 Å². The smallest absolute Gasteiger partial charge is 0.164 e. The van der Waals surface area contributed by atoms with Gasteiger partial charge in [-0.2, -0.15) is 0 Å². The summed E-state index contributed by atoms with van der Waals surface area (Å²) in [5.74, 6) is 0.575. The van der Waals surface area contributed by atoms with Gasteiger partial charge in [-0.15, -0.1) is 0 Å². The van der Waals surface area contributed by atoms with Gasteiger partial charge in [-0.3, -0.25) is 0 Å². The number of pyridine rings is 1. The number of nitrogens with zero attached hydrogens (tertiary/aromatic N) is 1. The minimum atomic E-state index is 0.438. The van der Waals surface area contributed by atoms with Crippen LogP contribution in [-0.4, -0.2) is 4.98 Å². The summed E-state index contributed by atoms with van der Waals surface area (Å²) in [5, 5.41) is 1.90. The first-order valence-electron chi connectivity index (χ1n) is 6.98. The van der Waals surface area contributed by atoms with Gasteiger partial charge in [0, 0.05) is 11.1 Å². The lowest BCUT2D eigenvalue weighted by Gasteiger charge is -2.12. The summed E-state index contributed by atoms with van der Waals surface area (Å²) in [6, 6.07) is 13.7. The molecule has 22 heavy (non-hydrogen) atoms. The van der Waals surface area contributed by atoms with Gasteiger partial charge in [0.1, 0.15) is 12.1 Å².